The van der Waals surface area contributed by atoms with Gasteiger partial charge in [0.15, 0.2) is 28.6 Å². The summed E-state index contributed by atoms with van der Waals surface area (Å²) in [5.74, 6) is -1.22. The second-order valence-corrected chi connectivity index (χ2v) is 6.06. The molecule has 7 nitrogen and oxygen atoms in total. The molecule has 1 aliphatic rings. The van der Waals surface area contributed by atoms with E-state index in [1.165, 1.54) is 12.4 Å². The number of rotatable bonds is 4. The second-order valence-electron chi connectivity index (χ2n) is 6.06. The first-order chi connectivity index (χ1) is 12.6. The Labute approximate surface area is 147 Å². The molecule has 3 aromatic rings. The molecule has 1 aromatic carbocycles. The van der Waals surface area contributed by atoms with E-state index in [1.54, 1.807) is 10.9 Å². The molecule has 0 spiro atoms. The molecule has 0 radical (unpaired) electrons. The van der Waals surface area contributed by atoms with Gasteiger partial charge in [-0.15, -0.1) is 0 Å². The molecule has 0 aliphatic carbocycles. The Kier molecular flexibility index (Phi) is 4.48. The van der Waals surface area contributed by atoms with Crippen molar-refractivity contribution >= 4 is 17.0 Å². The van der Waals surface area contributed by atoms with E-state index >= 15 is 0 Å². The number of halogens is 2. The molecule has 3 heterocycles. The van der Waals surface area contributed by atoms with Crippen LogP contribution in [-0.2, 0) is 11.3 Å². The molecule has 0 bridgehead atoms. The standard InChI is InChI=1S/C17H17F2N5O2/c18-12-2-1-11(7-13(12)19)14(25)8-24-10-22-15-16(20-9-21-17(15)24)23-3-5-26-6-4-23/h1-2,7,9-10,14,25H,3-6,8H2. The third kappa shape index (κ3) is 3.11. The molecule has 1 unspecified atom stereocenters. The van der Waals surface area contributed by atoms with Gasteiger partial charge in [-0.05, 0) is 17.7 Å². The van der Waals surface area contributed by atoms with E-state index < -0.39 is 17.7 Å². The summed E-state index contributed by atoms with van der Waals surface area (Å²) in [4.78, 5) is 15.1. The van der Waals surface area contributed by atoms with Crippen molar-refractivity contribution in [2.24, 2.45) is 0 Å². The number of ether oxygens (including phenoxy) is 1. The third-order valence-corrected chi connectivity index (χ3v) is 4.39. The number of morpholine rings is 1. The molecule has 1 fully saturated rings. The molecule has 1 aliphatic heterocycles. The van der Waals surface area contributed by atoms with E-state index in [0.717, 1.165) is 31.0 Å². The Morgan fingerprint density at radius 2 is 1.92 bits per heavy atom. The largest absolute Gasteiger partial charge is 0.387 e. The fraction of sp³-hybridized carbons (Fsp3) is 0.353. The lowest BCUT2D eigenvalue weighted by Gasteiger charge is -2.27. The van der Waals surface area contributed by atoms with Crippen LogP contribution >= 0.6 is 0 Å². The van der Waals surface area contributed by atoms with Crippen molar-refractivity contribution in [3.63, 3.8) is 0 Å². The highest BCUT2D eigenvalue weighted by molar-refractivity contribution is 5.83. The van der Waals surface area contributed by atoms with E-state index in [2.05, 4.69) is 19.9 Å². The zero-order valence-corrected chi connectivity index (χ0v) is 13.8. The van der Waals surface area contributed by atoms with Crippen molar-refractivity contribution < 1.29 is 18.6 Å². The number of hydrogen-bond acceptors (Lipinski definition) is 6. The third-order valence-electron chi connectivity index (χ3n) is 4.39. The predicted octanol–water partition coefficient (Wildman–Crippen LogP) is 1.67. The normalized spacial score (nSPS) is 16.2. The number of hydrogen-bond donors (Lipinski definition) is 1. The molecular weight excluding hydrogens is 344 g/mol. The van der Waals surface area contributed by atoms with Gasteiger partial charge in [-0.1, -0.05) is 6.07 Å². The summed E-state index contributed by atoms with van der Waals surface area (Å²) in [5.41, 5.74) is 1.49. The van der Waals surface area contributed by atoms with Gasteiger partial charge in [0.1, 0.15) is 6.33 Å². The fourth-order valence-corrected chi connectivity index (χ4v) is 3.02. The Bertz CT molecular complexity index is 927. The minimum Gasteiger partial charge on any atom is -0.387 e. The Morgan fingerprint density at radius 1 is 1.12 bits per heavy atom. The van der Waals surface area contributed by atoms with Crippen LogP contribution in [0.5, 0.6) is 0 Å². The van der Waals surface area contributed by atoms with Gasteiger partial charge in [0.25, 0.3) is 0 Å². The summed E-state index contributed by atoms with van der Waals surface area (Å²) in [6, 6.07) is 3.35. The molecule has 1 N–H and O–H groups in total. The van der Waals surface area contributed by atoms with E-state index in [-0.39, 0.29) is 12.1 Å². The van der Waals surface area contributed by atoms with Crippen molar-refractivity contribution in [3.05, 3.63) is 48.1 Å². The average Bonchev–Trinajstić information content (AvgIpc) is 3.07. The smallest absolute Gasteiger partial charge is 0.165 e. The van der Waals surface area contributed by atoms with E-state index in [1.807, 2.05) is 0 Å². The zero-order chi connectivity index (χ0) is 18.1. The molecule has 136 valence electrons. The molecule has 1 saturated heterocycles. The number of imidazole rings is 1. The van der Waals surface area contributed by atoms with E-state index in [9.17, 15) is 13.9 Å². The van der Waals surface area contributed by atoms with Crippen molar-refractivity contribution in [2.45, 2.75) is 12.6 Å². The Hall–Kier alpha value is -2.65. The fourth-order valence-electron chi connectivity index (χ4n) is 3.02. The lowest BCUT2D eigenvalue weighted by atomic mass is 10.1. The maximum atomic E-state index is 13.4. The van der Waals surface area contributed by atoms with Crippen LogP contribution in [-0.4, -0.2) is 50.9 Å². The number of aliphatic hydroxyl groups is 1. The van der Waals surface area contributed by atoms with Crippen LogP contribution in [0.25, 0.3) is 11.2 Å². The Morgan fingerprint density at radius 3 is 2.69 bits per heavy atom. The summed E-state index contributed by atoms with van der Waals surface area (Å²) in [7, 11) is 0. The summed E-state index contributed by atoms with van der Waals surface area (Å²) < 4.78 is 33.5. The molecule has 9 heteroatoms. The topological polar surface area (TPSA) is 76.3 Å². The van der Waals surface area contributed by atoms with Crippen LogP contribution in [0.3, 0.4) is 0 Å². The van der Waals surface area contributed by atoms with Crippen molar-refractivity contribution in [3.8, 4) is 0 Å². The van der Waals surface area contributed by atoms with Gasteiger partial charge >= 0.3 is 0 Å². The summed E-state index contributed by atoms with van der Waals surface area (Å²) in [6.45, 7) is 2.80. The lowest BCUT2D eigenvalue weighted by molar-refractivity contribution is 0.122. The first kappa shape index (κ1) is 16.8. The maximum Gasteiger partial charge on any atom is 0.165 e. The predicted molar refractivity (Wildman–Crippen MR) is 89.7 cm³/mol. The van der Waals surface area contributed by atoms with Gasteiger partial charge in [0.2, 0.25) is 0 Å². The van der Waals surface area contributed by atoms with Gasteiger partial charge in [-0.25, -0.2) is 23.7 Å². The number of benzene rings is 1. The van der Waals surface area contributed by atoms with Crippen LogP contribution in [0.4, 0.5) is 14.6 Å². The van der Waals surface area contributed by atoms with Crippen LogP contribution in [0.2, 0.25) is 0 Å². The molecule has 2 aromatic heterocycles. The van der Waals surface area contributed by atoms with E-state index in [4.69, 9.17) is 4.74 Å². The minimum atomic E-state index is -1.02. The highest BCUT2D eigenvalue weighted by Gasteiger charge is 2.20. The summed E-state index contributed by atoms with van der Waals surface area (Å²) in [6.07, 6.45) is 1.99. The molecule has 1 atom stereocenters. The van der Waals surface area contributed by atoms with Crippen molar-refractivity contribution in [1.82, 2.24) is 19.5 Å². The second kappa shape index (κ2) is 6.93. The quantitative estimate of drug-likeness (QED) is 0.762. The van der Waals surface area contributed by atoms with Crippen LogP contribution in [0.1, 0.15) is 11.7 Å². The first-order valence-electron chi connectivity index (χ1n) is 8.25. The van der Waals surface area contributed by atoms with Gasteiger partial charge < -0.3 is 19.3 Å². The lowest BCUT2D eigenvalue weighted by Crippen LogP contribution is -2.37. The van der Waals surface area contributed by atoms with Crippen molar-refractivity contribution in [2.75, 3.05) is 31.2 Å². The Balaban J connectivity index is 1.62. The molecule has 4 rings (SSSR count). The SMILES string of the molecule is OC(Cn1cnc2c(N3CCOCC3)ncnc21)c1ccc(F)c(F)c1. The summed E-state index contributed by atoms with van der Waals surface area (Å²) in [5, 5.41) is 10.4. The van der Waals surface area contributed by atoms with Crippen LogP contribution in [0, 0.1) is 11.6 Å². The number of aliphatic hydroxyl groups excluding tert-OH is 1. The van der Waals surface area contributed by atoms with E-state index in [0.29, 0.717) is 24.4 Å². The first-order valence-corrected chi connectivity index (χ1v) is 8.25. The highest BCUT2D eigenvalue weighted by atomic mass is 19.2. The highest BCUT2D eigenvalue weighted by Crippen LogP contribution is 2.24. The van der Waals surface area contributed by atoms with Gasteiger partial charge in [-0.3, -0.25) is 0 Å². The van der Waals surface area contributed by atoms with Gasteiger partial charge in [0, 0.05) is 13.1 Å². The zero-order valence-electron chi connectivity index (χ0n) is 13.8. The number of anilines is 1. The van der Waals surface area contributed by atoms with Gasteiger partial charge in [-0.2, -0.15) is 0 Å². The molecule has 0 amide bonds. The summed E-state index contributed by atoms with van der Waals surface area (Å²) >= 11 is 0. The van der Waals surface area contributed by atoms with Crippen LogP contribution < -0.4 is 4.90 Å². The van der Waals surface area contributed by atoms with Gasteiger partial charge in [0.05, 0.1) is 32.2 Å². The number of nitrogens with zero attached hydrogens (tertiary/aromatic N) is 5. The molecular formula is C17H17F2N5O2. The maximum absolute atomic E-state index is 13.4. The number of aromatic nitrogens is 4. The monoisotopic (exact) mass is 361 g/mol. The number of fused-ring (bicyclic) bond motifs is 1. The van der Waals surface area contributed by atoms with Crippen molar-refractivity contribution in [1.29, 1.82) is 0 Å². The van der Waals surface area contributed by atoms with Crippen LogP contribution in [0.15, 0.2) is 30.9 Å². The molecule has 0 saturated carbocycles. The average molecular weight is 361 g/mol. The molecule has 26 heavy (non-hydrogen) atoms. The minimum absolute atomic E-state index is 0.112.